The minimum atomic E-state index is -0.331. The van der Waals surface area contributed by atoms with E-state index in [0.717, 1.165) is 42.0 Å². The zero-order valence-corrected chi connectivity index (χ0v) is 16.8. The minimum absolute atomic E-state index is 0.0234. The summed E-state index contributed by atoms with van der Waals surface area (Å²) in [7, 11) is 2.05. The fraction of sp³-hybridized carbons (Fsp3) is 0.286. The van der Waals surface area contributed by atoms with Crippen LogP contribution in [0.3, 0.4) is 0 Å². The Morgan fingerprint density at radius 2 is 1.83 bits per heavy atom. The first-order chi connectivity index (χ1) is 14.0. The maximum Gasteiger partial charge on any atom is 0.253 e. The third-order valence-electron chi connectivity index (χ3n) is 4.95. The Kier molecular flexibility index (Phi) is 5.55. The molecule has 3 aromatic rings. The van der Waals surface area contributed by atoms with Gasteiger partial charge in [-0.05, 0) is 42.9 Å². The van der Waals surface area contributed by atoms with Crippen LogP contribution in [0.25, 0.3) is 10.2 Å². The van der Waals surface area contributed by atoms with Crippen molar-refractivity contribution in [3.63, 3.8) is 0 Å². The first-order valence-electron chi connectivity index (χ1n) is 9.40. The monoisotopic (exact) mass is 412 g/mol. The highest BCUT2D eigenvalue weighted by atomic mass is 32.1. The van der Waals surface area contributed by atoms with Gasteiger partial charge >= 0.3 is 0 Å². The Morgan fingerprint density at radius 3 is 2.55 bits per heavy atom. The van der Waals surface area contributed by atoms with E-state index in [-0.39, 0.29) is 24.1 Å². The number of piperazine rings is 1. The van der Waals surface area contributed by atoms with Crippen molar-refractivity contribution in [2.45, 2.75) is 6.42 Å². The van der Waals surface area contributed by atoms with Crippen molar-refractivity contribution in [2.75, 3.05) is 38.5 Å². The van der Waals surface area contributed by atoms with Crippen molar-refractivity contribution in [2.24, 2.45) is 0 Å². The second-order valence-corrected chi connectivity index (χ2v) is 8.18. The average Bonchev–Trinajstić information content (AvgIpc) is 3.11. The van der Waals surface area contributed by atoms with Crippen LogP contribution in [0, 0.1) is 5.82 Å². The Morgan fingerprint density at radius 1 is 1.10 bits per heavy atom. The molecule has 6 nitrogen and oxygen atoms in total. The lowest BCUT2D eigenvalue weighted by molar-refractivity contribution is -0.115. The van der Waals surface area contributed by atoms with Gasteiger partial charge in [0.1, 0.15) is 5.82 Å². The second-order valence-electron chi connectivity index (χ2n) is 7.15. The lowest BCUT2D eigenvalue weighted by Gasteiger charge is -2.32. The summed E-state index contributed by atoms with van der Waals surface area (Å²) in [4.78, 5) is 33.5. The molecule has 150 valence electrons. The molecular weight excluding hydrogens is 391 g/mol. The summed E-state index contributed by atoms with van der Waals surface area (Å²) in [6, 6.07) is 11.3. The van der Waals surface area contributed by atoms with Crippen molar-refractivity contribution >= 4 is 38.5 Å². The molecule has 4 rings (SSSR count). The van der Waals surface area contributed by atoms with Crippen LogP contribution in [0.1, 0.15) is 15.9 Å². The molecule has 0 unspecified atom stereocenters. The van der Waals surface area contributed by atoms with Crippen molar-refractivity contribution in [3.8, 4) is 0 Å². The summed E-state index contributed by atoms with van der Waals surface area (Å²) in [6.07, 6.45) is 0.142. The first kappa shape index (κ1) is 19.5. The number of carbonyl (C=O) groups excluding carboxylic acids is 2. The van der Waals surface area contributed by atoms with E-state index in [1.165, 1.54) is 23.5 Å². The van der Waals surface area contributed by atoms with Gasteiger partial charge in [-0.2, -0.15) is 0 Å². The number of rotatable bonds is 4. The number of carbonyl (C=O) groups is 2. The van der Waals surface area contributed by atoms with E-state index in [0.29, 0.717) is 10.7 Å². The Hall–Kier alpha value is -2.84. The molecule has 1 aliphatic rings. The summed E-state index contributed by atoms with van der Waals surface area (Å²) in [5.41, 5.74) is 2.10. The van der Waals surface area contributed by atoms with Gasteiger partial charge in [0, 0.05) is 31.7 Å². The SMILES string of the molecule is CN1CCN(C(=O)c2ccc3nc(NC(=O)Cc4ccc(F)cc4)sc3c2)CC1. The summed E-state index contributed by atoms with van der Waals surface area (Å²) in [6.45, 7) is 3.19. The lowest BCUT2D eigenvalue weighted by atomic mass is 10.1. The number of nitrogens with zero attached hydrogens (tertiary/aromatic N) is 3. The molecule has 0 saturated carbocycles. The molecule has 1 aromatic heterocycles. The smallest absolute Gasteiger partial charge is 0.253 e. The molecule has 8 heteroatoms. The van der Waals surface area contributed by atoms with Crippen LogP contribution >= 0.6 is 11.3 Å². The molecule has 2 aromatic carbocycles. The number of aromatic nitrogens is 1. The van der Waals surface area contributed by atoms with Crippen LogP contribution in [0.4, 0.5) is 9.52 Å². The number of nitrogens with one attached hydrogen (secondary N) is 1. The minimum Gasteiger partial charge on any atom is -0.336 e. The van der Waals surface area contributed by atoms with Crippen LogP contribution in [-0.4, -0.2) is 59.8 Å². The van der Waals surface area contributed by atoms with E-state index in [1.807, 2.05) is 17.0 Å². The molecule has 1 aliphatic heterocycles. The number of benzene rings is 2. The standard InChI is InChI=1S/C21H21FN4O2S/c1-25-8-10-26(11-9-25)20(28)15-4-7-17-18(13-15)29-21(23-17)24-19(27)12-14-2-5-16(22)6-3-14/h2-7,13H,8-12H2,1H3,(H,23,24,27). The largest absolute Gasteiger partial charge is 0.336 e. The molecule has 0 aliphatic carbocycles. The Balaban J connectivity index is 1.44. The van der Waals surface area contributed by atoms with Gasteiger partial charge in [0.2, 0.25) is 5.91 Å². The van der Waals surface area contributed by atoms with Gasteiger partial charge in [-0.25, -0.2) is 9.37 Å². The number of fused-ring (bicyclic) bond motifs is 1. The number of anilines is 1. The topological polar surface area (TPSA) is 65.5 Å². The first-order valence-corrected chi connectivity index (χ1v) is 10.2. The van der Waals surface area contributed by atoms with Gasteiger partial charge in [0.15, 0.2) is 5.13 Å². The molecule has 2 amide bonds. The van der Waals surface area contributed by atoms with Gasteiger partial charge in [-0.1, -0.05) is 23.5 Å². The van der Waals surface area contributed by atoms with Crippen LogP contribution in [0.2, 0.25) is 0 Å². The van der Waals surface area contributed by atoms with Crippen molar-refractivity contribution in [1.82, 2.24) is 14.8 Å². The average molecular weight is 412 g/mol. The van der Waals surface area contributed by atoms with Crippen LogP contribution in [-0.2, 0) is 11.2 Å². The number of hydrogen-bond donors (Lipinski definition) is 1. The zero-order chi connectivity index (χ0) is 20.4. The Labute approximate surface area is 172 Å². The molecule has 1 fully saturated rings. The van der Waals surface area contributed by atoms with E-state index in [4.69, 9.17) is 0 Å². The maximum absolute atomic E-state index is 13.0. The number of likely N-dealkylation sites (N-methyl/N-ethyl adjacent to an activating group) is 1. The summed E-state index contributed by atoms with van der Waals surface area (Å²) in [5.74, 6) is -0.526. The van der Waals surface area contributed by atoms with E-state index >= 15 is 0 Å². The van der Waals surface area contributed by atoms with Crippen molar-refractivity contribution < 1.29 is 14.0 Å². The van der Waals surface area contributed by atoms with Gasteiger partial charge in [-0.3, -0.25) is 9.59 Å². The van der Waals surface area contributed by atoms with Gasteiger partial charge < -0.3 is 15.1 Å². The summed E-state index contributed by atoms with van der Waals surface area (Å²) < 4.78 is 13.8. The molecule has 1 N–H and O–H groups in total. The fourth-order valence-corrected chi connectivity index (χ4v) is 4.18. The zero-order valence-electron chi connectivity index (χ0n) is 16.0. The molecule has 0 bridgehead atoms. The Bertz CT molecular complexity index is 1040. The van der Waals surface area contributed by atoms with Crippen LogP contribution < -0.4 is 5.32 Å². The van der Waals surface area contributed by atoms with Crippen LogP contribution in [0.5, 0.6) is 0 Å². The quantitative estimate of drug-likeness (QED) is 0.716. The number of amides is 2. The molecular formula is C21H21FN4O2S. The molecule has 2 heterocycles. The van der Waals surface area contributed by atoms with E-state index in [2.05, 4.69) is 22.2 Å². The van der Waals surface area contributed by atoms with Gasteiger partial charge in [0.25, 0.3) is 5.91 Å². The molecule has 0 spiro atoms. The highest BCUT2D eigenvalue weighted by molar-refractivity contribution is 7.22. The normalized spacial score (nSPS) is 14.9. The fourth-order valence-electron chi connectivity index (χ4n) is 3.25. The second kappa shape index (κ2) is 8.26. The predicted octanol–water partition coefficient (Wildman–Crippen LogP) is 3.00. The van der Waals surface area contributed by atoms with E-state index < -0.39 is 0 Å². The van der Waals surface area contributed by atoms with Gasteiger partial charge in [-0.15, -0.1) is 0 Å². The molecule has 0 atom stereocenters. The van der Waals surface area contributed by atoms with Crippen molar-refractivity contribution in [1.29, 1.82) is 0 Å². The number of thiazole rings is 1. The summed E-state index contributed by atoms with van der Waals surface area (Å²) >= 11 is 1.34. The predicted molar refractivity (Wildman–Crippen MR) is 112 cm³/mol. The highest BCUT2D eigenvalue weighted by Gasteiger charge is 2.21. The van der Waals surface area contributed by atoms with Crippen molar-refractivity contribution in [3.05, 3.63) is 59.4 Å². The van der Waals surface area contributed by atoms with E-state index in [9.17, 15) is 14.0 Å². The number of halogens is 1. The maximum atomic E-state index is 13.0. The third kappa shape index (κ3) is 4.60. The molecule has 29 heavy (non-hydrogen) atoms. The van der Waals surface area contributed by atoms with E-state index in [1.54, 1.807) is 18.2 Å². The third-order valence-corrected chi connectivity index (χ3v) is 5.88. The van der Waals surface area contributed by atoms with Crippen LogP contribution in [0.15, 0.2) is 42.5 Å². The lowest BCUT2D eigenvalue weighted by Crippen LogP contribution is -2.47. The molecule has 1 saturated heterocycles. The summed E-state index contributed by atoms with van der Waals surface area (Å²) in [5, 5.41) is 3.27. The number of hydrogen-bond acceptors (Lipinski definition) is 5. The molecule has 0 radical (unpaired) electrons. The highest BCUT2D eigenvalue weighted by Crippen LogP contribution is 2.27. The van der Waals surface area contributed by atoms with Gasteiger partial charge in [0.05, 0.1) is 16.6 Å².